The lowest BCUT2D eigenvalue weighted by Crippen LogP contribution is -2.24. The van der Waals surface area contributed by atoms with E-state index in [2.05, 4.69) is 15.1 Å². The number of hydrogen-bond acceptors (Lipinski definition) is 7. The third-order valence-electron chi connectivity index (χ3n) is 6.02. The summed E-state index contributed by atoms with van der Waals surface area (Å²) >= 11 is 1.45. The highest BCUT2D eigenvalue weighted by atomic mass is 32.2. The van der Waals surface area contributed by atoms with E-state index in [1.165, 1.54) is 74.2 Å². The monoisotopic (exact) mass is 582 g/mol. The number of fused-ring (bicyclic) bond motifs is 1. The van der Waals surface area contributed by atoms with Gasteiger partial charge in [-0.25, -0.2) is 23.8 Å². The molecule has 1 aliphatic rings. The van der Waals surface area contributed by atoms with Gasteiger partial charge in [0.15, 0.2) is 17.5 Å². The van der Waals surface area contributed by atoms with Gasteiger partial charge in [0, 0.05) is 30.5 Å². The van der Waals surface area contributed by atoms with Crippen LogP contribution in [-0.4, -0.2) is 31.0 Å². The van der Waals surface area contributed by atoms with Crippen molar-refractivity contribution in [3.8, 4) is 11.4 Å². The number of nitrogens with one attached hydrogen (secondary N) is 1. The molecule has 0 aliphatic heterocycles. The van der Waals surface area contributed by atoms with Gasteiger partial charge in [-0.1, -0.05) is 38.5 Å². The van der Waals surface area contributed by atoms with Crippen molar-refractivity contribution in [3.63, 3.8) is 0 Å². The van der Waals surface area contributed by atoms with Crippen LogP contribution < -0.4 is 16.9 Å². The molecular formula is C26H27F5N6O2S. The summed E-state index contributed by atoms with van der Waals surface area (Å²) in [6.07, 6.45) is 11.5. The van der Waals surface area contributed by atoms with Gasteiger partial charge in [-0.15, -0.1) is 11.8 Å². The molecule has 14 heteroatoms. The van der Waals surface area contributed by atoms with Crippen LogP contribution in [0.5, 0.6) is 0 Å². The van der Waals surface area contributed by atoms with Crippen LogP contribution in [0, 0.1) is 11.6 Å². The van der Waals surface area contributed by atoms with E-state index in [-0.39, 0.29) is 16.8 Å². The average Bonchev–Trinajstić information content (AvgIpc) is 2.93. The molecule has 1 saturated carbocycles. The number of nitrogen functional groups attached to an aromatic ring is 1. The van der Waals surface area contributed by atoms with Crippen LogP contribution in [0.4, 0.5) is 27.6 Å². The highest BCUT2D eigenvalue weighted by Gasteiger charge is 2.36. The fourth-order valence-corrected chi connectivity index (χ4v) is 4.24. The molecule has 1 aliphatic carbocycles. The van der Waals surface area contributed by atoms with Crippen LogP contribution in [0.15, 0.2) is 51.4 Å². The van der Waals surface area contributed by atoms with E-state index in [4.69, 9.17) is 5.73 Å². The Morgan fingerprint density at radius 3 is 2.02 bits per heavy atom. The van der Waals surface area contributed by atoms with Crippen molar-refractivity contribution < 1.29 is 22.0 Å². The Hall–Kier alpha value is -3.81. The van der Waals surface area contributed by atoms with Crippen LogP contribution in [0.2, 0.25) is 0 Å². The Labute approximate surface area is 229 Å². The Morgan fingerprint density at radius 2 is 1.55 bits per heavy atom. The molecule has 214 valence electrons. The zero-order chi connectivity index (χ0) is 29.4. The maximum atomic E-state index is 14.3. The largest absolute Gasteiger partial charge is 0.423 e. The number of anilines is 1. The number of H-pyrrole nitrogens is 1. The second kappa shape index (κ2) is 13.5. The van der Waals surface area contributed by atoms with Gasteiger partial charge in [0.25, 0.3) is 11.1 Å². The molecule has 8 nitrogen and oxygen atoms in total. The predicted molar refractivity (Wildman–Crippen MR) is 144 cm³/mol. The summed E-state index contributed by atoms with van der Waals surface area (Å²) in [5.41, 5.74) is 0.846. The summed E-state index contributed by atoms with van der Waals surface area (Å²) in [5.74, 6) is -2.21. The molecule has 3 heterocycles. The van der Waals surface area contributed by atoms with Crippen molar-refractivity contribution in [3.05, 3.63) is 74.8 Å². The molecule has 0 atom stereocenters. The number of aryl methyl sites for hydroxylation is 1. The van der Waals surface area contributed by atoms with E-state index in [1.807, 2.05) is 6.26 Å². The lowest BCUT2D eigenvalue weighted by Gasteiger charge is -2.08. The van der Waals surface area contributed by atoms with Gasteiger partial charge in [-0.2, -0.15) is 18.3 Å². The molecule has 1 aromatic carbocycles. The van der Waals surface area contributed by atoms with Gasteiger partial charge in [0.05, 0.1) is 22.8 Å². The van der Waals surface area contributed by atoms with Gasteiger partial charge in [0.2, 0.25) is 0 Å². The van der Waals surface area contributed by atoms with Crippen LogP contribution in [0.3, 0.4) is 0 Å². The third-order valence-corrected chi connectivity index (χ3v) is 6.71. The first-order valence-electron chi connectivity index (χ1n) is 12.2. The molecule has 0 bridgehead atoms. The highest BCUT2D eigenvalue weighted by Crippen LogP contribution is 2.30. The van der Waals surface area contributed by atoms with Gasteiger partial charge < -0.3 is 10.3 Å². The number of nitrogens with two attached hydrogens (primary N) is 1. The van der Waals surface area contributed by atoms with Crippen molar-refractivity contribution in [2.24, 2.45) is 7.05 Å². The number of benzene rings is 1. The fourth-order valence-electron chi connectivity index (χ4n) is 3.92. The summed E-state index contributed by atoms with van der Waals surface area (Å²) < 4.78 is 65.7. The summed E-state index contributed by atoms with van der Waals surface area (Å²) in [7, 11) is 1.48. The number of thioether (sulfide) groups is 1. The van der Waals surface area contributed by atoms with E-state index < -0.39 is 40.2 Å². The van der Waals surface area contributed by atoms with Gasteiger partial charge in [-0.05, 0) is 23.8 Å². The minimum Gasteiger partial charge on any atom is -0.397 e. The molecule has 3 N–H and O–H groups in total. The van der Waals surface area contributed by atoms with Gasteiger partial charge >= 0.3 is 6.18 Å². The van der Waals surface area contributed by atoms with Crippen molar-refractivity contribution >= 4 is 28.2 Å². The number of nitrogens with zero attached hydrogens (tertiary/aromatic N) is 4. The Kier molecular flexibility index (Phi) is 10.4. The smallest absolute Gasteiger partial charge is 0.397 e. The molecule has 4 aromatic rings. The van der Waals surface area contributed by atoms with Crippen LogP contribution in [0.1, 0.15) is 44.1 Å². The summed E-state index contributed by atoms with van der Waals surface area (Å²) in [5, 5.41) is 4.78. The number of alkyl halides is 3. The molecule has 0 spiro atoms. The fraction of sp³-hybridized carbons (Fsp3) is 0.346. The second-order valence-electron chi connectivity index (χ2n) is 8.84. The molecular weight excluding hydrogens is 555 g/mol. The Balaban J connectivity index is 0.000000204. The molecule has 5 rings (SSSR count). The van der Waals surface area contributed by atoms with Gasteiger partial charge in [0.1, 0.15) is 5.56 Å². The first kappa shape index (κ1) is 30.7. The predicted octanol–water partition coefficient (Wildman–Crippen LogP) is 5.71. The van der Waals surface area contributed by atoms with Gasteiger partial charge in [-0.3, -0.25) is 9.59 Å². The van der Waals surface area contributed by atoms with Crippen molar-refractivity contribution in [2.75, 3.05) is 12.0 Å². The Bertz CT molecular complexity index is 1560. The zero-order valence-corrected chi connectivity index (χ0v) is 22.5. The number of aromatic amines is 1. The first-order chi connectivity index (χ1) is 19.0. The third kappa shape index (κ3) is 7.43. The Morgan fingerprint density at radius 1 is 0.975 bits per heavy atom. The zero-order valence-electron chi connectivity index (χ0n) is 21.7. The summed E-state index contributed by atoms with van der Waals surface area (Å²) in [6.45, 7) is 0. The van der Waals surface area contributed by atoms with E-state index in [1.54, 1.807) is 23.6 Å². The number of aromatic nitrogens is 5. The van der Waals surface area contributed by atoms with Crippen molar-refractivity contribution in [2.45, 2.75) is 49.6 Å². The quantitative estimate of drug-likeness (QED) is 0.230. The number of halogens is 5. The minimum absolute atomic E-state index is 0.0640. The summed E-state index contributed by atoms with van der Waals surface area (Å²) in [6, 6.07) is 2.95. The second-order valence-corrected chi connectivity index (χ2v) is 9.72. The van der Waals surface area contributed by atoms with E-state index >= 15 is 0 Å². The van der Waals surface area contributed by atoms with E-state index in [0.717, 1.165) is 11.1 Å². The standard InChI is InChI=1S/C15H11F2N3OS.C6H12.C5H4F3N3O/c1-20-4-3-8-5-10(12(16)13(17)11(8)15(20)21)14-18-6-9(22-2)7-19-14;1-2-4-6-5-3-1;6-5(7,8)3-2(9)1-10-11-4(3)12/h3-7H,1-2H3;1-6H2;1H,(H3,9,11,12). The topological polar surface area (TPSA) is 120 Å². The molecule has 0 radical (unpaired) electrons. The maximum absolute atomic E-state index is 14.3. The number of rotatable bonds is 2. The lowest BCUT2D eigenvalue weighted by molar-refractivity contribution is -0.138. The molecule has 40 heavy (non-hydrogen) atoms. The van der Waals surface area contributed by atoms with Crippen LogP contribution in [0.25, 0.3) is 22.2 Å². The van der Waals surface area contributed by atoms with Crippen molar-refractivity contribution in [1.29, 1.82) is 0 Å². The summed E-state index contributed by atoms with van der Waals surface area (Å²) in [4.78, 5) is 31.4. The normalized spacial score (nSPS) is 13.2. The van der Waals surface area contributed by atoms with E-state index in [0.29, 0.717) is 5.39 Å². The van der Waals surface area contributed by atoms with Crippen LogP contribution in [-0.2, 0) is 13.2 Å². The molecule has 0 unspecified atom stereocenters. The average molecular weight is 583 g/mol. The highest BCUT2D eigenvalue weighted by molar-refractivity contribution is 7.98. The first-order valence-corrected chi connectivity index (χ1v) is 13.4. The molecule has 1 fully saturated rings. The lowest BCUT2D eigenvalue weighted by atomic mass is 10.0. The van der Waals surface area contributed by atoms with Crippen LogP contribution >= 0.6 is 11.8 Å². The maximum Gasteiger partial charge on any atom is 0.423 e. The van der Waals surface area contributed by atoms with E-state index in [9.17, 15) is 31.5 Å². The van der Waals surface area contributed by atoms with Crippen molar-refractivity contribution in [1.82, 2.24) is 24.7 Å². The molecule has 0 amide bonds. The minimum atomic E-state index is -4.74. The SMILES string of the molecule is C1CCCCC1.CSc1cnc(-c2cc3ccn(C)c(=O)c3c(F)c2F)nc1.Nc1cn[nH]c(=O)c1C(F)(F)F. The molecule has 0 saturated heterocycles. The molecule has 3 aromatic heterocycles. The number of hydrogen-bond donors (Lipinski definition) is 2. The number of pyridine rings is 1.